The van der Waals surface area contributed by atoms with Crippen molar-refractivity contribution in [3.8, 4) is 0 Å². The first-order valence-corrected chi connectivity index (χ1v) is 6.80. The molecular formula is C14H21N3O2. The molecule has 19 heavy (non-hydrogen) atoms. The van der Waals surface area contributed by atoms with Crippen molar-refractivity contribution < 1.29 is 9.53 Å². The Balaban J connectivity index is 1.82. The molecule has 1 fully saturated rings. The Bertz CT molecular complexity index is 397. The van der Waals surface area contributed by atoms with Crippen LogP contribution in [0.5, 0.6) is 0 Å². The lowest BCUT2D eigenvalue weighted by atomic mass is 10.0. The molecule has 1 aromatic rings. The van der Waals surface area contributed by atoms with Crippen molar-refractivity contribution in [2.24, 2.45) is 5.92 Å². The van der Waals surface area contributed by atoms with Crippen LogP contribution in [0.15, 0.2) is 24.4 Å². The number of aromatic nitrogens is 1. The Morgan fingerprint density at radius 3 is 3.11 bits per heavy atom. The quantitative estimate of drug-likeness (QED) is 0.793. The summed E-state index contributed by atoms with van der Waals surface area (Å²) in [5.41, 5.74) is 0.868. The van der Waals surface area contributed by atoms with E-state index in [1.807, 2.05) is 18.2 Å². The van der Waals surface area contributed by atoms with Crippen molar-refractivity contribution in [2.75, 3.05) is 19.8 Å². The van der Waals surface area contributed by atoms with Gasteiger partial charge in [0.15, 0.2) is 0 Å². The molecule has 1 aromatic heterocycles. The molecule has 1 amide bonds. The normalized spacial score (nSPS) is 22.4. The molecule has 0 aliphatic carbocycles. The maximum atomic E-state index is 12.1. The highest BCUT2D eigenvalue weighted by Gasteiger charge is 2.33. The molecule has 1 aliphatic rings. The average molecular weight is 263 g/mol. The van der Waals surface area contributed by atoms with Crippen LogP contribution in [0, 0.1) is 5.92 Å². The van der Waals surface area contributed by atoms with Gasteiger partial charge in [0.2, 0.25) is 5.91 Å². The van der Waals surface area contributed by atoms with Gasteiger partial charge in [0, 0.05) is 12.2 Å². The molecule has 2 N–H and O–H groups in total. The van der Waals surface area contributed by atoms with Gasteiger partial charge in [-0.1, -0.05) is 13.0 Å². The van der Waals surface area contributed by atoms with E-state index in [2.05, 4.69) is 22.5 Å². The number of pyridine rings is 1. The summed E-state index contributed by atoms with van der Waals surface area (Å²) in [4.78, 5) is 16.3. The van der Waals surface area contributed by atoms with Gasteiger partial charge < -0.3 is 15.4 Å². The third-order valence-corrected chi connectivity index (χ3v) is 3.24. The van der Waals surface area contributed by atoms with Crippen molar-refractivity contribution in [3.63, 3.8) is 0 Å². The third kappa shape index (κ3) is 4.01. The molecule has 0 aromatic carbocycles. The number of hydrogen-bond donors (Lipinski definition) is 2. The summed E-state index contributed by atoms with van der Waals surface area (Å²) in [6.45, 7) is 4.60. The van der Waals surface area contributed by atoms with E-state index in [-0.39, 0.29) is 17.9 Å². The van der Waals surface area contributed by atoms with Crippen LogP contribution in [0.1, 0.15) is 19.0 Å². The Kier molecular flexibility index (Phi) is 5.30. The molecule has 0 saturated carbocycles. The predicted octanol–water partition coefficient (Wildman–Crippen LogP) is 0.712. The lowest BCUT2D eigenvalue weighted by Gasteiger charge is -2.18. The summed E-state index contributed by atoms with van der Waals surface area (Å²) in [6.07, 6.45) is 2.78. The maximum Gasteiger partial charge on any atom is 0.227 e. The van der Waals surface area contributed by atoms with Crippen molar-refractivity contribution in [2.45, 2.75) is 25.9 Å². The van der Waals surface area contributed by atoms with E-state index < -0.39 is 0 Å². The second-order valence-corrected chi connectivity index (χ2v) is 4.74. The van der Waals surface area contributed by atoms with Gasteiger partial charge in [-0.3, -0.25) is 9.78 Å². The molecule has 2 rings (SSSR count). The van der Waals surface area contributed by atoms with Crippen LogP contribution in [0.25, 0.3) is 0 Å². The minimum Gasteiger partial charge on any atom is -0.379 e. The molecule has 2 unspecified atom stereocenters. The van der Waals surface area contributed by atoms with E-state index in [9.17, 15) is 4.79 Å². The van der Waals surface area contributed by atoms with E-state index in [0.717, 1.165) is 18.7 Å². The van der Waals surface area contributed by atoms with Crippen LogP contribution in [0.4, 0.5) is 0 Å². The first-order valence-electron chi connectivity index (χ1n) is 6.80. The number of amides is 1. The second kappa shape index (κ2) is 7.21. The van der Waals surface area contributed by atoms with Crippen LogP contribution in [-0.2, 0) is 16.1 Å². The molecule has 0 bridgehead atoms. The molecule has 104 valence electrons. The van der Waals surface area contributed by atoms with E-state index in [1.165, 1.54) is 0 Å². The van der Waals surface area contributed by atoms with Crippen LogP contribution in [0.2, 0.25) is 0 Å². The fraction of sp³-hybridized carbons (Fsp3) is 0.571. The zero-order valence-electron chi connectivity index (χ0n) is 11.3. The van der Waals surface area contributed by atoms with Crippen LogP contribution in [-0.4, -0.2) is 36.7 Å². The van der Waals surface area contributed by atoms with Crippen LogP contribution < -0.4 is 10.6 Å². The zero-order valence-corrected chi connectivity index (χ0v) is 11.3. The van der Waals surface area contributed by atoms with Crippen molar-refractivity contribution in [3.05, 3.63) is 30.1 Å². The number of hydrogen-bond acceptors (Lipinski definition) is 4. The highest BCUT2D eigenvalue weighted by molar-refractivity contribution is 5.79. The van der Waals surface area contributed by atoms with E-state index >= 15 is 0 Å². The average Bonchev–Trinajstić information content (AvgIpc) is 2.92. The summed E-state index contributed by atoms with van der Waals surface area (Å²) < 4.78 is 5.40. The largest absolute Gasteiger partial charge is 0.379 e. The summed E-state index contributed by atoms with van der Waals surface area (Å²) in [7, 11) is 0. The molecule has 0 spiro atoms. The maximum absolute atomic E-state index is 12.1. The Labute approximate surface area is 113 Å². The smallest absolute Gasteiger partial charge is 0.227 e. The van der Waals surface area contributed by atoms with Crippen molar-refractivity contribution >= 4 is 5.91 Å². The van der Waals surface area contributed by atoms with Gasteiger partial charge in [-0.05, 0) is 25.1 Å². The van der Waals surface area contributed by atoms with Gasteiger partial charge in [-0.25, -0.2) is 0 Å². The fourth-order valence-electron chi connectivity index (χ4n) is 2.16. The molecule has 2 heterocycles. The van der Waals surface area contributed by atoms with Crippen LogP contribution in [0.3, 0.4) is 0 Å². The third-order valence-electron chi connectivity index (χ3n) is 3.24. The Morgan fingerprint density at radius 2 is 2.37 bits per heavy atom. The lowest BCUT2D eigenvalue weighted by Crippen LogP contribution is -2.44. The topological polar surface area (TPSA) is 63.2 Å². The predicted molar refractivity (Wildman–Crippen MR) is 72.5 cm³/mol. The number of carbonyl (C=O) groups is 1. The number of nitrogens with zero attached hydrogens (tertiary/aromatic N) is 1. The highest BCUT2D eigenvalue weighted by Crippen LogP contribution is 2.14. The first kappa shape index (κ1) is 14.0. The van der Waals surface area contributed by atoms with E-state index in [4.69, 9.17) is 4.74 Å². The minimum atomic E-state index is -0.102. The molecule has 2 atom stereocenters. The summed E-state index contributed by atoms with van der Waals surface area (Å²) in [5, 5.41) is 6.28. The molecule has 5 heteroatoms. The van der Waals surface area contributed by atoms with Gasteiger partial charge >= 0.3 is 0 Å². The van der Waals surface area contributed by atoms with Gasteiger partial charge in [0.05, 0.1) is 31.4 Å². The van der Waals surface area contributed by atoms with E-state index in [1.54, 1.807) is 6.20 Å². The Morgan fingerprint density at radius 1 is 1.47 bits per heavy atom. The minimum absolute atomic E-state index is 0.0387. The second-order valence-electron chi connectivity index (χ2n) is 4.74. The Hall–Kier alpha value is -1.46. The zero-order chi connectivity index (χ0) is 13.5. The summed E-state index contributed by atoms with van der Waals surface area (Å²) in [6, 6.07) is 5.81. The van der Waals surface area contributed by atoms with Gasteiger partial charge in [0.1, 0.15) is 0 Å². The first-order chi connectivity index (χ1) is 9.31. The van der Waals surface area contributed by atoms with Crippen LogP contribution >= 0.6 is 0 Å². The van der Waals surface area contributed by atoms with Gasteiger partial charge in [-0.15, -0.1) is 0 Å². The molecule has 0 radical (unpaired) electrons. The SMILES string of the molecule is CCCNC1COCC1C(=O)NCc1ccccn1. The number of carbonyl (C=O) groups excluding carboxylic acids is 1. The monoisotopic (exact) mass is 263 g/mol. The molecular weight excluding hydrogens is 242 g/mol. The van der Waals surface area contributed by atoms with Crippen molar-refractivity contribution in [1.29, 1.82) is 0 Å². The fourth-order valence-corrected chi connectivity index (χ4v) is 2.16. The van der Waals surface area contributed by atoms with Crippen molar-refractivity contribution in [1.82, 2.24) is 15.6 Å². The van der Waals surface area contributed by atoms with Gasteiger partial charge in [0.25, 0.3) is 0 Å². The lowest BCUT2D eigenvalue weighted by molar-refractivity contribution is -0.125. The molecule has 1 saturated heterocycles. The number of nitrogens with one attached hydrogen (secondary N) is 2. The number of ether oxygens (including phenoxy) is 1. The molecule has 5 nitrogen and oxygen atoms in total. The van der Waals surface area contributed by atoms with Gasteiger partial charge in [-0.2, -0.15) is 0 Å². The summed E-state index contributed by atoms with van der Waals surface area (Å²) in [5.74, 6) is -0.0629. The summed E-state index contributed by atoms with van der Waals surface area (Å²) >= 11 is 0. The van der Waals surface area contributed by atoms with E-state index in [0.29, 0.717) is 19.8 Å². The highest BCUT2D eigenvalue weighted by atomic mass is 16.5. The standard InChI is InChI=1S/C14H21N3O2/c1-2-6-16-13-10-19-9-12(13)14(18)17-8-11-5-3-4-7-15-11/h3-5,7,12-13,16H,2,6,8-10H2,1H3,(H,17,18). The molecule has 1 aliphatic heterocycles. The number of rotatable bonds is 6.